The van der Waals surface area contributed by atoms with Gasteiger partial charge in [0.1, 0.15) is 11.6 Å². The quantitative estimate of drug-likeness (QED) is 0.562. The minimum atomic E-state index is -0.380. The van der Waals surface area contributed by atoms with Crippen LogP contribution in [0.4, 0.5) is 15.8 Å². The van der Waals surface area contributed by atoms with E-state index >= 15 is 0 Å². The summed E-state index contributed by atoms with van der Waals surface area (Å²) in [6.07, 6.45) is 0. The summed E-state index contributed by atoms with van der Waals surface area (Å²) in [6.45, 7) is 6.24. The number of benzene rings is 3. The highest BCUT2D eigenvalue weighted by molar-refractivity contribution is 6.05. The highest BCUT2D eigenvalue weighted by atomic mass is 19.1. The van der Waals surface area contributed by atoms with E-state index in [1.807, 2.05) is 24.3 Å². The number of nitrogens with one attached hydrogen (secondary N) is 2. The van der Waals surface area contributed by atoms with Crippen LogP contribution in [0.5, 0.6) is 5.75 Å². The summed E-state index contributed by atoms with van der Waals surface area (Å²) < 4.78 is 18.5. The van der Waals surface area contributed by atoms with Crippen molar-refractivity contribution in [3.63, 3.8) is 0 Å². The predicted molar refractivity (Wildman–Crippen MR) is 120 cm³/mol. The molecule has 0 aliphatic carbocycles. The summed E-state index contributed by atoms with van der Waals surface area (Å²) in [4.78, 5) is 24.6. The first-order valence-electron chi connectivity index (χ1n) is 9.91. The average molecular weight is 420 g/mol. The molecule has 3 aromatic rings. The second kappa shape index (κ2) is 9.43. The minimum absolute atomic E-state index is 0.0455. The van der Waals surface area contributed by atoms with E-state index in [-0.39, 0.29) is 29.7 Å². The fourth-order valence-corrected chi connectivity index (χ4v) is 2.87. The number of ether oxygens (including phenoxy) is 1. The van der Waals surface area contributed by atoms with Gasteiger partial charge >= 0.3 is 0 Å². The van der Waals surface area contributed by atoms with Crippen molar-refractivity contribution in [1.82, 2.24) is 0 Å². The Morgan fingerprint density at radius 1 is 0.871 bits per heavy atom. The Bertz CT molecular complexity index is 1060. The molecule has 0 radical (unpaired) electrons. The molecule has 3 aromatic carbocycles. The molecule has 5 nitrogen and oxygen atoms in total. The summed E-state index contributed by atoms with van der Waals surface area (Å²) in [5.74, 6) is -0.473. The molecule has 0 heterocycles. The van der Waals surface area contributed by atoms with E-state index in [0.29, 0.717) is 22.7 Å². The molecule has 0 saturated heterocycles. The Hall–Kier alpha value is -3.67. The van der Waals surface area contributed by atoms with Gasteiger partial charge < -0.3 is 15.4 Å². The SMILES string of the molecule is CC(C)(C)c1ccc(OCC(=O)Nc2cccc(C(=O)Nc3ccc(F)cc3)c2)cc1. The first-order valence-corrected chi connectivity index (χ1v) is 9.91. The fourth-order valence-electron chi connectivity index (χ4n) is 2.87. The summed E-state index contributed by atoms with van der Waals surface area (Å²) in [7, 11) is 0. The van der Waals surface area contributed by atoms with Crippen LogP contribution in [-0.4, -0.2) is 18.4 Å². The number of anilines is 2. The Kier molecular flexibility index (Phi) is 6.70. The zero-order valence-corrected chi connectivity index (χ0v) is 17.7. The lowest BCUT2D eigenvalue weighted by molar-refractivity contribution is -0.118. The van der Waals surface area contributed by atoms with Gasteiger partial charge in [0, 0.05) is 16.9 Å². The van der Waals surface area contributed by atoms with Crippen LogP contribution >= 0.6 is 0 Å². The van der Waals surface area contributed by atoms with Gasteiger partial charge in [-0.05, 0) is 65.6 Å². The molecule has 0 bridgehead atoms. The van der Waals surface area contributed by atoms with Gasteiger partial charge in [-0.2, -0.15) is 0 Å². The number of halogens is 1. The van der Waals surface area contributed by atoms with Gasteiger partial charge in [0.05, 0.1) is 0 Å². The van der Waals surface area contributed by atoms with E-state index in [9.17, 15) is 14.0 Å². The summed E-state index contributed by atoms with van der Waals surface area (Å²) in [5, 5.41) is 5.41. The molecule has 2 N–H and O–H groups in total. The van der Waals surface area contributed by atoms with E-state index in [1.165, 1.54) is 29.8 Å². The third-order valence-corrected chi connectivity index (χ3v) is 4.60. The fraction of sp³-hybridized carbons (Fsp3) is 0.200. The third kappa shape index (κ3) is 6.40. The molecule has 6 heteroatoms. The maximum absolute atomic E-state index is 13.0. The molecule has 31 heavy (non-hydrogen) atoms. The van der Waals surface area contributed by atoms with Crippen molar-refractivity contribution in [3.05, 3.63) is 89.7 Å². The monoisotopic (exact) mass is 420 g/mol. The molecule has 0 fully saturated rings. The largest absolute Gasteiger partial charge is 0.484 e. The summed E-state index contributed by atoms with van der Waals surface area (Å²) in [6, 6.07) is 19.7. The summed E-state index contributed by atoms with van der Waals surface area (Å²) in [5.41, 5.74) is 2.54. The van der Waals surface area contributed by atoms with E-state index in [2.05, 4.69) is 31.4 Å². The van der Waals surface area contributed by atoms with Gasteiger partial charge in [0.15, 0.2) is 6.61 Å². The predicted octanol–water partition coefficient (Wildman–Crippen LogP) is 5.39. The lowest BCUT2D eigenvalue weighted by atomic mass is 9.87. The molecule has 2 amide bonds. The molecule has 0 saturated carbocycles. The van der Waals surface area contributed by atoms with Crippen LogP contribution in [0, 0.1) is 5.82 Å². The zero-order valence-electron chi connectivity index (χ0n) is 17.7. The average Bonchev–Trinajstić information content (AvgIpc) is 2.74. The molecule has 160 valence electrons. The van der Waals surface area contributed by atoms with Crippen LogP contribution in [0.15, 0.2) is 72.8 Å². The topological polar surface area (TPSA) is 67.4 Å². The Morgan fingerprint density at radius 3 is 2.19 bits per heavy atom. The second-order valence-electron chi connectivity index (χ2n) is 8.15. The third-order valence-electron chi connectivity index (χ3n) is 4.60. The van der Waals surface area contributed by atoms with Crippen molar-refractivity contribution in [3.8, 4) is 5.75 Å². The van der Waals surface area contributed by atoms with Gasteiger partial charge in [0.2, 0.25) is 0 Å². The molecular weight excluding hydrogens is 395 g/mol. The highest BCUT2D eigenvalue weighted by Crippen LogP contribution is 2.24. The maximum atomic E-state index is 13.0. The number of amides is 2. The van der Waals surface area contributed by atoms with Crippen molar-refractivity contribution in [1.29, 1.82) is 0 Å². The lowest BCUT2D eigenvalue weighted by Crippen LogP contribution is -2.20. The van der Waals surface area contributed by atoms with Gasteiger partial charge in [-0.25, -0.2) is 4.39 Å². The van der Waals surface area contributed by atoms with Gasteiger partial charge in [-0.3, -0.25) is 9.59 Å². The number of hydrogen-bond acceptors (Lipinski definition) is 3. The van der Waals surface area contributed by atoms with Crippen LogP contribution in [0.3, 0.4) is 0 Å². The van der Waals surface area contributed by atoms with Crippen LogP contribution in [0.1, 0.15) is 36.7 Å². The van der Waals surface area contributed by atoms with Crippen molar-refractivity contribution in [2.75, 3.05) is 17.2 Å². The molecule has 0 spiro atoms. The standard InChI is InChI=1S/C25H25FN2O3/c1-25(2,3)18-7-13-22(14-8-18)31-16-23(29)27-21-6-4-5-17(15-21)24(30)28-20-11-9-19(26)10-12-20/h4-15H,16H2,1-3H3,(H,27,29)(H,28,30). The van der Waals surface area contributed by atoms with Gasteiger partial charge in [0.25, 0.3) is 11.8 Å². The lowest BCUT2D eigenvalue weighted by Gasteiger charge is -2.19. The Labute approximate surface area is 181 Å². The highest BCUT2D eigenvalue weighted by Gasteiger charge is 2.13. The molecule has 0 aliphatic rings. The van der Waals surface area contributed by atoms with Crippen molar-refractivity contribution >= 4 is 23.2 Å². The number of carbonyl (C=O) groups excluding carboxylic acids is 2. The van der Waals surface area contributed by atoms with Crippen LogP contribution in [0.2, 0.25) is 0 Å². The van der Waals surface area contributed by atoms with Gasteiger partial charge in [-0.15, -0.1) is 0 Å². The van der Waals surface area contributed by atoms with E-state index in [1.54, 1.807) is 24.3 Å². The molecule has 0 atom stereocenters. The number of rotatable bonds is 6. The second-order valence-corrected chi connectivity index (χ2v) is 8.15. The van der Waals surface area contributed by atoms with Crippen molar-refractivity contribution in [2.24, 2.45) is 0 Å². The van der Waals surface area contributed by atoms with E-state index in [4.69, 9.17) is 4.74 Å². The van der Waals surface area contributed by atoms with Crippen molar-refractivity contribution in [2.45, 2.75) is 26.2 Å². The maximum Gasteiger partial charge on any atom is 0.262 e. The van der Waals surface area contributed by atoms with Crippen LogP contribution < -0.4 is 15.4 Å². The van der Waals surface area contributed by atoms with E-state index in [0.717, 1.165) is 0 Å². The smallest absolute Gasteiger partial charge is 0.262 e. The van der Waals surface area contributed by atoms with Crippen molar-refractivity contribution < 1.29 is 18.7 Å². The first kappa shape index (κ1) is 22.0. The van der Waals surface area contributed by atoms with Crippen LogP contribution in [-0.2, 0) is 10.2 Å². The van der Waals surface area contributed by atoms with E-state index < -0.39 is 0 Å². The normalized spacial score (nSPS) is 11.0. The molecular formula is C25H25FN2O3. The zero-order chi connectivity index (χ0) is 22.4. The van der Waals surface area contributed by atoms with Gasteiger partial charge in [-0.1, -0.05) is 39.0 Å². The molecule has 0 aromatic heterocycles. The first-order chi connectivity index (χ1) is 14.7. The Morgan fingerprint density at radius 2 is 1.55 bits per heavy atom. The molecule has 0 unspecified atom stereocenters. The Balaban J connectivity index is 1.55. The summed E-state index contributed by atoms with van der Waals surface area (Å²) >= 11 is 0. The molecule has 3 rings (SSSR count). The minimum Gasteiger partial charge on any atom is -0.484 e. The number of carbonyl (C=O) groups is 2. The number of hydrogen-bond donors (Lipinski definition) is 2. The molecule has 0 aliphatic heterocycles. The van der Waals surface area contributed by atoms with Crippen LogP contribution in [0.25, 0.3) is 0 Å².